The molecule has 0 aliphatic rings. The molecule has 0 aliphatic heterocycles. The third-order valence-corrected chi connectivity index (χ3v) is 4.23. The minimum atomic E-state index is -0.198. The summed E-state index contributed by atoms with van der Waals surface area (Å²) in [7, 11) is 0. The summed E-state index contributed by atoms with van der Waals surface area (Å²) in [6, 6.07) is 11.5. The number of hydrogen-bond donors (Lipinski definition) is 1. The summed E-state index contributed by atoms with van der Waals surface area (Å²) >= 11 is 3.54. The fourth-order valence-corrected chi connectivity index (χ4v) is 3.27. The van der Waals surface area contributed by atoms with Crippen LogP contribution in [-0.4, -0.2) is 6.54 Å². The van der Waals surface area contributed by atoms with E-state index in [1.165, 1.54) is 22.8 Å². The van der Waals surface area contributed by atoms with Crippen LogP contribution in [0.1, 0.15) is 35.2 Å². The Morgan fingerprint density at radius 1 is 1.10 bits per heavy atom. The van der Waals surface area contributed by atoms with Gasteiger partial charge in [0.05, 0.1) is 0 Å². The highest BCUT2D eigenvalue weighted by Crippen LogP contribution is 2.27. The quantitative estimate of drug-likeness (QED) is 0.791. The Balaban J connectivity index is 2.32. The topological polar surface area (TPSA) is 12.0 Å². The van der Waals surface area contributed by atoms with E-state index in [9.17, 15) is 4.39 Å². The van der Waals surface area contributed by atoms with Crippen molar-refractivity contribution in [3.8, 4) is 0 Å². The molecule has 0 fully saturated rings. The van der Waals surface area contributed by atoms with Crippen molar-refractivity contribution in [3.63, 3.8) is 0 Å². The lowest BCUT2D eigenvalue weighted by Gasteiger charge is -2.20. The second kappa shape index (κ2) is 7.19. The van der Waals surface area contributed by atoms with Crippen molar-refractivity contribution < 1.29 is 4.39 Å². The van der Waals surface area contributed by atoms with Crippen LogP contribution in [-0.2, 0) is 6.42 Å². The summed E-state index contributed by atoms with van der Waals surface area (Å²) in [5, 5.41) is 3.46. The van der Waals surface area contributed by atoms with Crippen molar-refractivity contribution in [3.05, 3.63) is 68.9 Å². The van der Waals surface area contributed by atoms with Crippen molar-refractivity contribution in [2.24, 2.45) is 0 Å². The maximum Gasteiger partial charge on any atom is 0.123 e. The Bertz CT molecular complexity index is 604. The van der Waals surface area contributed by atoms with Gasteiger partial charge in [0.15, 0.2) is 0 Å². The molecule has 1 nitrogen and oxygen atoms in total. The van der Waals surface area contributed by atoms with Crippen LogP contribution in [0.25, 0.3) is 0 Å². The summed E-state index contributed by atoms with van der Waals surface area (Å²) < 4.78 is 14.5. The Labute approximate surface area is 134 Å². The first kappa shape index (κ1) is 16.2. The van der Waals surface area contributed by atoms with Gasteiger partial charge in [0.25, 0.3) is 0 Å². The first-order chi connectivity index (χ1) is 9.99. The molecule has 0 aliphatic carbocycles. The minimum Gasteiger partial charge on any atom is -0.310 e. The van der Waals surface area contributed by atoms with Crippen molar-refractivity contribution in [2.45, 2.75) is 33.2 Å². The molecule has 1 N–H and O–H groups in total. The van der Waals surface area contributed by atoms with Gasteiger partial charge in [0, 0.05) is 10.5 Å². The van der Waals surface area contributed by atoms with E-state index in [-0.39, 0.29) is 11.9 Å². The molecule has 21 heavy (non-hydrogen) atoms. The van der Waals surface area contributed by atoms with Crippen LogP contribution in [0.3, 0.4) is 0 Å². The monoisotopic (exact) mass is 349 g/mol. The smallest absolute Gasteiger partial charge is 0.123 e. The van der Waals surface area contributed by atoms with Crippen LogP contribution in [0.2, 0.25) is 0 Å². The number of likely N-dealkylation sites (N-methyl/N-ethyl adjacent to an activating group) is 1. The van der Waals surface area contributed by atoms with Gasteiger partial charge in [0.1, 0.15) is 5.82 Å². The molecule has 2 aromatic carbocycles. The molecule has 0 saturated carbocycles. The van der Waals surface area contributed by atoms with Gasteiger partial charge >= 0.3 is 0 Å². The Morgan fingerprint density at radius 3 is 2.38 bits per heavy atom. The lowest BCUT2D eigenvalue weighted by molar-refractivity contribution is 0.540. The summed E-state index contributed by atoms with van der Waals surface area (Å²) in [5.41, 5.74) is 4.77. The number of benzene rings is 2. The number of aryl methyl sites for hydroxylation is 2. The predicted octanol–water partition coefficient (Wildman–Crippen LogP) is 5.10. The molecule has 1 unspecified atom stereocenters. The van der Waals surface area contributed by atoms with Gasteiger partial charge in [0.2, 0.25) is 0 Å². The standard InChI is InChI=1S/C18H21BrFN/c1-4-21-18(16-11-15(20)5-6-17(16)19)10-14-8-12(2)7-13(3)9-14/h5-9,11,18,21H,4,10H2,1-3H3. The zero-order valence-corrected chi connectivity index (χ0v) is 14.3. The minimum absolute atomic E-state index is 0.0984. The molecule has 0 aromatic heterocycles. The van der Waals surface area contributed by atoms with Crippen LogP contribution in [0.4, 0.5) is 4.39 Å². The van der Waals surface area contributed by atoms with E-state index in [4.69, 9.17) is 0 Å². The summed E-state index contributed by atoms with van der Waals surface area (Å²) in [6.45, 7) is 7.13. The molecule has 0 radical (unpaired) electrons. The van der Waals surface area contributed by atoms with Crippen LogP contribution in [0.15, 0.2) is 40.9 Å². The molecule has 112 valence electrons. The average molecular weight is 350 g/mol. The lowest BCUT2D eigenvalue weighted by atomic mass is 9.96. The molecular formula is C18H21BrFN. The largest absolute Gasteiger partial charge is 0.310 e. The van der Waals surface area contributed by atoms with Crippen molar-refractivity contribution in [1.29, 1.82) is 0 Å². The molecule has 0 heterocycles. The first-order valence-corrected chi connectivity index (χ1v) is 8.04. The number of hydrogen-bond acceptors (Lipinski definition) is 1. The van der Waals surface area contributed by atoms with Gasteiger partial charge < -0.3 is 5.32 Å². The maximum absolute atomic E-state index is 13.6. The van der Waals surface area contributed by atoms with Crippen LogP contribution >= 0.6 is 15.9 Å². The molecule has 0 saturated heterocycles. The van der Waals surface area contributed by atoms with E-state index in [0.29, 0.717) is 0 Å². The summed E-state index contributed by atoms with van der Waals surface area (Å²) in [5.74, 6) is -0.198. The highest BCUT2D eigenvalue weighted by atomic mass is 79.9. The molecule has 3 heteroatoms. The van der Waals surface area contributed by atoms with Gasteiger partial charge in [-0.2, -0.15) is 0 Å². The van der Waals surface area contributed by atoms with Crippen molar-refractivity contribution in [1.82, 2.24) is 5.32 Å². The normalized spacial score (nSPS) is 12.4. The lowest BCUT2D eigenvalue weighted by Crippen LogP contribution is -2.23. The van der Waals surface area contributed by atoms with Crippen molar-refractivity contribution in [2.75, 3.05) is 6.54 Å². The maximum atomic E-state index is 13.6. The second-order valence-electron chi connectivity index (χ2n) is 5.48. The molecular weight excluding hydrogens is 329 g/mol. The molecule has 0 spiro atoms. The zero-order chi connectivity index (χ0) is 15.4. The third kappa shape index (κ3) is 4.39. The number of nitrogens with one attached hydrogen (secondary N) is 1. The molecule has 1 atom stereocenters. The Morgan fingerprint density at radius 2 is 1.76 bits per heavy atom. The van der Waals surface area contributed by atoms with Gasteiger partial charge in [-0.3, -0.25) is 0 Å². The van der Waals surface area contributed by atoms with E-state index in [1.807, 2.05) is 0 Å². The fraction of sp³-hybridized carbons (Fsp3) is 0.333. The van der Waals surface area contributed by atoms with E-state index in [0.717, 1.165) is 23.0 Å². The van der Waals surface area contributed by atoms with E-state index in [2.05, 4.69) is 60.2 Å². The van der Waals surface area contributed by atoms with Crippen molar-refractivity contribution >= 4 is 15.9 Å². The first-order valence-electron chi connectivity index (χ1n) is 7.25. The third-order valence-electron chi connectivity index (χ3n) is 3.51. The highest BCUT2D eigenvalue weighted by Gasteiger charge is 2.15. The summed E-state index contributed by atoms with van der Waals surface area (Å²) in [4.78, 5) is 0. The van der Waals surface area contributed by atoms with Crippen LogP contribution in [0.5, 0.6) is 0 Å². The van der Waals surface area contributed by atoms with E-state index >= 15 is 0 Å². The van der Waals surface area contributed by atoms with E-state index < -0.39 is 0 Å². The van der Waals surface area contributed by atoms with Gasteiger partial charge in [-0.1, -0.05) is 52.2 Å². The molecule has 2 rings (SSSR count). The SMILES string of the molecule is CCNC(Cc1cc(C)cc(C)c1)c1cc(F)ccc1Br. The number of halogens is 2. The zero-order valence-electron chi connectivity index (χ0n) is 12.7. The number of rotatable bonds is 5. The molecule has 2 aromatic rings. The van der Waals surface area contributed by atoms with Crippen LogP contribution < -0.4 is 5.32 Å². The van der Waals surface area contributed by atoms with Gasteiger partial charge in [-0.15, -0.1) is 0 Å². The predicted molar refractivity (Wildman–Crippen MR) is 90.1 cm³/mol. The van der Waals surface area contributed by atoms with Crippen LogP contribution in [0, 0.1) is 19.7 Å². The molecule has 0 amide bonds. The Hall–Kier alpha value is -1.19. The molecule has 0 bridgehead atoms. The second-order valence-corrected chi connectivity index (χ2v) is 6.33. The van der Waals surface area contributed by atoms with Gasteiger partial charge in [-0.05, 0) is 56.1 Å². The van der Waals surface area contributed by atoms with Gasteiger partial charge in [-0.25, -0.2) is 4.39 Å². The van der Waals surface area contributed by atoms with E-state index in [1.54, 1.807) is 12.1 Å². The summed E-state index contributed by atoms with van der Waals surface area (Å²) in [6.07, 6.45) is 0.846. The highest BCUT2D eigenvalue weighted by molar-refractivity contribution is 9.10. The Kier molecular flexibility index (Phi) is 5.54. The fourth-order valence-electron chi connectivity index (χ4n) is 2.74. The average Bonchev–Trinajstić information content (AvgIpc) is 2.40.